The van der Waals surface area contributed by atoms with Crippen LogP contribution in [0.4, 0.5) is 0 Å². The van der Waals surface area contributed by atoms with Crippen molar-refractivity contribution in [2.45, 2.75) is 30.6 Å². The van der Waals surface area contributed by atoms with Gasteiger partial charge in [0.05, 0.1) is 6.61 Å². The first-order chi connectivity index (χ1) is 9.60. The van der Waals surface area contributed by atoms with Crippen molar-refractivity contribution in [2.24, 2.45) is 0 Å². The molecular formula is C11H16N2O7S. The molecule has 2 heterocycles. The second-order valence-corrected chi connectivity index (χ2v) is 7.31. The number of rotatable bonds is 3. The lowest BCUT2D eigenvalue weighted by atomic mass is 10.2. The Bertz CT molecular complexity index is 766. The fourth-order valence-electron chi connectivity index (χ4n) is 2.27. The second kappa shape index (κ2) is 5.05. The summed E-state index contributed by atoms with van der Waals surface area (Å²) in [5.74, 6) is 0. The van der Waals surface area contributed by atoms with E-state index >= 15 is 0 Å². The average Bonchev–Trinajstić information content (AvgIpc) is 2.71. The highest BCUT2D eigenvalue weighted by Crippen LogP contribution is 2.39. The first kappa shape index (κ1) is 15.9. The summed E-state index contributed by atoms with van der Waals surface area (Å²) in [4.78, 5) is 22.9. The summed E-state index contributed by atoms with van der Waals surface area (Å²) in [7, 11) is -3.95. The van der Waals surface area contributed by atoms with Crippen LogP contribution in [-0.4, -0.2) is 52.1 Å². The number of H-pyrrole nitrogens is 1. The Morgan fingerprint density at radius 2 is 2.14 bits per heavy atom. The van der Waals surface area contributed by atoms with Crippen LogP contribution in [0.5, 0.6) is 0 Å². The predicted molar refractivity (Wildman–Crippen MR) is 71.5 cm³/mol. The summed E-state index contributed by atoms with van der Waals surface area (Å²) >= 11 is 0. The Labute approximate surface area is 119 Å². The third kappa shape index (κ3) is 2.55. The number of aromatic amines is 1. The van der Waals surface area contributed by atoms with Crippen molar-refractivity contribution in [1.82, 2.24) is 9.55 Å². The number of sulfone groups is 1. The fraction of sp³-hybridized carbons (Fsp3) is 0.636. The van der Waals surface area contributed by atoms with Gasteiger partial charge in [0.25, 0.3) is 5.56 Å². The van der Waals surface area contributed by atoms with Gasteiger partial charge < -0.3 is 14.9 Å². The smallest absolute Gasteiger partial charge is 0.330 e. The van der Waals surface area contributed by atoms with E-state index in [2.05, 4.69) is 4.98 Å². The van der Waals surface area contributed by atoms with Gasteiger partial charge in [0.2, 0.25) is 0 Å². The summed E-state index contributed by atoms with van der Waals surface area (Å²) in [6.45, 7) is 0.743. The van der Waals surface area contributed by atoms with Gasteiger partial charge in [-0.05, 0) is 6.92 Å². The first-order valence-corrected chi connectivity index (χ1v) is 7.99. The van der Waals surface area contributed by atoms with E-state index < -0.39 is 51.4 Å². The minimum absolute atomic E-state index is 0.230. The van der Waals surface area contributed by atoms with Gasteiger partial charge in [0.1, 0.15) is 12.3 Å². The number of nitrogens with one attached hydrogen (secondary N) is 1. The minimum Gasteiger partial charge on any atom is -0.394 e. The number of hydrogen-bond acceptors (Lipinski definition) is 7. The molecule has 0 spiro atoms. The van der Waals surface area contributed by atoms with Crippen molar-refractivity contribution in [3.05, 3.63) is 32.6 Å². The molecule has 3 atom stereocenters. The van der Waals surface area contributed by atoms with E-state index in [1.807, 2.05) is 0 Å². The lowest BCUT2D eigenvalue weighted by molar-refractivity contribution is -0.0557. The maximum absolute atomic E-state index is 11.8. The standard InChI is InChI=1S/C11H16N2O7S/c1-6-4-13(10(16)12-9(6)15)8-3-11(17,21(2,18)19)7(5-14)20-8/h4,7-8,14,17H,3,5H2,1-2H3,(H,12,15,16)/t7-,8-,11-/m1/s1. The Morgan fingerprint density at radius 1 is 1.52 bits per heavy atom. The second-order valence-electron chi connectivity index (χ2n) is 5.06. The van der Waals surface area contributed by atoms with Gasteiger partial charge in [-0.15, -0.1) is 0 Å². The summed E-state index contributed by atoms with van der Waals surface area (Å²) in [5.41, 5.74) is -1.12. The van der Waals surface area contributed by atoms with E-state index in [-0.39, 0.29) is 5.56 Å². The summed E-state index contributed by atoms with van der Waals surface area (Å²) in [6, 6.07) is 0. The van der Waals surface area contributed by atoms with Crippen molar-refractivity contribution < 1.29 is 23.4 Å². The monoisotopic (exact) mass is 320 g/mol. The van der Waals surface area contributed by atoms with Crippen LogP contribution < -0.4 is 11.2 Å². The zero-order chi connectivity index (χ0) is 16.0. The third-order valence-electron chi connectivity index (χ3n) is 3.56. The molecule has 0 radical (unpaired) electrons. The quantitative estimate of drug-likeness (QED) is 0.577. The van der Waals surface area contributed by atoms with Crippen LogP contribution >= 0.6 is 0 Å². The van der Waals surface area contributed by atoms with E-state index in [0.29, 0.717) is 0 Å². The zero-order valence-electron chi connectivity index (χ0n) is 11.4. The Morgan fingerprint density at radius 3 is 2.62 bits per heavy atom. The molecule has 1 aromatic rings. The van der Waals surface area contributed by atoms with Crippen LogP contribution in [0.2, 0.25) is 0 Å². The van der Waals surface area contributed by atoms with Crippen LogP contribution in [0.3, 0.4) is 0 Å². The molecule has 1 aliphatic heterocycles. The van der Waals surface area contributed by atoms with E-state index in [1.54, 1.807) is 0 Å². The van der Waals surface area contributed by atoms with Gasteiger partial charge in [-0.25, -0.2) is 13.2 Å². The molecule has 21 heavy (non-hydrogen) atoms. The van der Waals surface area contributed by atoms with Crippen LogP contribution in [0.25, 0.3) is 0 Å². The fourth-order valence-corrected chi connectivity index (χ4v) is 3.32. The molecule has 1 fully saturated rings. The predicted octanol–water partition coefficient (Wildman–Crippen LogP) is -2.14. The molecular weight excluding hydrogens is 304 g/mol. The van der Waals surface area contributed by atoms with Crippen LogP contribution in [0.15, 0.2) is 15.8 Å². The van der Waals surface area contributed by atoms with Gasteiger partial charge in [-0.1, -0.05) is 0 Å². The van der Waals surface area contributed by atoms with E-state index in [9.17, 15) is 28.2 Å². The number of aromatic nitrogens is 2. The Kier molecular flexibility index (Phi) is 3.82. The molecule has 9 nitrogen and oxygen atoms in total. The maximum Gasteiger partial charge on any atom is 0.330 e. The molecule has 0 aliphatic carbocycles. The number of ether oxygens (including phenoxy) is 1. The van der Waals surface area contributed by atoms with Crippen molar-refractivity contribution >= 4 is 9.84 Å². The molecule has 0 aromatic carbocycles. The number of hydrogen-bond donors (Lipinski definition) is 3. The largest absolute Gasteiger partial charge is 0.394 e. The van der Waals surface area contributed by atoms with Crippen LogP contribution in [0, 0.1) is 6.92 Å². The van der Waals surface area contributed by atoms with Crippen molar-refractivity contribution in [3.8, 4) is 0 Å². The number of aliphatic hydroxyl groups excluding tert-OH is 1. The molecule has 118 valence electrons. The molecule has 10 heteroatoms. The van der Waals surface area contributed by atoms with E-state index in [0.717, 1.165) is 10.8 Å². The van der Waals surface area contributed by atoms with Gasteiger partial charge in [-0.3, -0.25) is 14.3 Å². The molecule has 1 aromatic heterocycles. The van der Waals surface area contributed by atoms with Gasteiger partial charge in [0.15, 0.2) is 14.8 Å². The zero-order valence-corrected chi connectivity index (χ0v) is 12.3. The average molecular weight is 320 g/mol. The SMILES string of the molecule is Cc1cn([C@H]2C[C@@](O)(S(C)(=O)=O)[C@@H](CO)O2)c(=O)[nH]c1=O. The van der Waals surface area contributed by atoms with Gasteiger partial charge >= 0.3 is 5.69 Å². The van der Waals surface area contributed by atoms with Crippen LogP contribution in [0.1, 0.15) is 18.2 Å². The van der Waals surface area contributed by atoms with E-state index in [4.69, 9.17) is 4.74 Å². The minimum atomic E-state index is -3.95. The summed E-state index contributed by atoms with van der Waals surface area (Å²) in [5, 5.41) is 19.5. The van der Waals surface area contributed by atoms with Crippen LogP contribution in [-0.2, 0) is 14.6 Å². The molecule has 0 unspecified atom stereocenters. The summed E-state index contributed by atoms with van der Waals surface area (Å²) < 4.78 is 29.7. The summed E-state index contributed by atoms with van der Waals surface area (Å²) in [6.07, 6.45) is -0.875. The molecule has 1 saturated heterocycles. The highest BCUT2D eigenvalue weighted by molar-refractivity contribution is 7.91. The topological polar surface area (TPSA) is 139 Å². The lowest BCUT2D eigenvalue weighted by Gasteiger charge is -2.24. The highest BCUT2D eigenvalue weighted by atomic mass is 32.2. The third-order valence-corrected chi connectivity index (χ3v) is 5.27. The molecule has 1 aliphatic rings. The first-order valence-electron chi connectivity index (χ1n) is 6.10. The number of aliphatic hydroxyl groups is 2. The molecule has 0 amide bonds. The normalized spacial score (nSPS) is 29.7. The maximum atomic E-state index is 11.8. The molecule has 2 rings (SSSR count). The highest BCUT2D eigenvalue weighted by Gasteiger charge is 2.55. The Balaban J connectivity index is 2.48. The molecule has 0 bridgehead atoms. The number of nitrogens with zero attached hydrogens (tertiary/aromatic N) is 1. The van der Waals surface area contributed by atoms with Gasteiger partial charge in [-0.2, -0.15) is 0 Å². The Hall–Kier alpha value is -1.49. The van der Waals surface area contributed by atoms with Crippen molar-refractivity contribution in [3.63, 3.8) is 0 Å². The van der Waals surface area contributed by atoms with Crippen molar-refractivity contribution in [2.75, 3.05) is 12.9 Å². The number of aryl methyl sites for hydroxylation is 1. The van der Waals surface area contributed by atoms with Crippen molar-refractivity contribution in [1.29, 1.82) is 0 Å². The molecule has 3 N–H and O–H groups in total. The molecule has 0 saturated carbocycles. The lowest BCUT2D eigenvalue weighted by Crippen LogP contribution is -2.47. The van der Waals surface area contributed by atoms with E-state index in [1.165, 1.54) is 13.1 Å². The van der Waals surface area contributed by atoms with Gasteiger partial charge in [0, 0.05) is 24.4 Å².